The Bertz CT molecular complexity index is 493. The van der Waals surface area contributed by atoms with Gasteiger partial charge in [0.15, 0.2) is 0 Å². The first-order valence-electron chi connectivity index (χ1n) is 7.31. The molecule has 1 fully saturated rings. The van der Waals surface area contributed by atoms with Crippen molar-refractivity contribution in [3.05, 3.63) is 23.8 Å². The third-order valence-corrected chi connectivity index (χ3v) is 3.78. The van der Waals surface area contributed by atoms with E-state index in [1.165, 1.54) is 6.07 Å². The lowest BCUT2D eigenvalue weighted by atomic mass is 9.96. The van der Waals surface area contributed by atoms with Gasteiger partial charge >= 0.3 is 0 Å². The van der Waals surface area contributed by atoms with Gasteiger partial charge in [-0.05, 0) is 25.5 Å². The van der Waals surface area contributed by atoms with Crippen LogP contribution < -0.4 is 11.1 Å². The van der Waals surface area contributed by atoms with E-state index in [2.05, 4.69) is 10.2 Å². The second-order valence-electron chi connectivity index (χ2n) is 5.47. The number of nitrogens with one attached hydrogen (secondary N) is 1. The molecule has 1 aliphatic heterocycles. The van der Waals surface area contributed by atoms with Gasteiger partial charge in [-0.1, -0.05) is 6.07 Å². The molecule has 1 amide bonds. The summed E-state index contributed by atoms with van der Waals surface area (Å²) in [6.07, 6.45) is 1.84. The zero-order chi connectivity index (χ0) is 15.2. The van der Waals surface area contributed by atoms with E-state index < -0.39 is 0 Å². The summed E-state index contributed by atoms with van der Waals surface area (Å²) < 4.78 is 0. The molecule has 0 aliphatic carbocycles. The first-order chi connectivity index (χ1) is 10.1. The Morgan fingerprint density at radius 3 is 2.95 bits per heavy atom. The van der Waals surface area contributed by atoms with Crippen LogP contribution in [0.1, 0.15) is 18.4 Å². The monoisotopic (exact) mass is 293 g/mol. The zero-order valence-corrected chi connectivity index (χ0v) is 12.1. The highest BCUT2D eigenvalue weighted by Gasteiger charge is 2.25. The van der Waals surface area contributed by atoms with Crippen LogP contribution in [0.4, 0.5) is 0 Å². The molecule has 6 nitrogen and oxygen atoms in total. The lowest BCUT2D eigenvalue weighted by molar-refractivity contribution is -0.126. The van der Waals surface area contributed by atoms with Crippen LogP contribution in [0.2, 0.25) is 0 Å². The minimum absolute atomic E-state index is 0.0236. The molecule has 5 N–H and O–H groups in total. The summed E-state index contributed by atoms with van der Waals surface area (Å²) in [5.74, 6) is 0.170. The van der Waals surface area contributed by atoms with Crippen LogP contribution in [0.25, 0.3) is 0 Å². The van der Waals surface area contributed by atoms with E-state index in [1.807, 2.05) is 0 Å². The fourth-order valence-electron chi connectivity index (χ4n) is 2.68. The van der Waals surface area contributed by atoms with Gasteiger partial charge in [-0.3, -0.25) is 9.69 Å². The molecule has 1 saturated heterocycles. The van der Waals surface area contributed by atoms with Crippen molar-refractivity contribution in [3.8, 4) is 11.5 Å². The van der Waals surface area contributed by atoms with Gasteiger partial charge in [-0.25, -0.2) is 0 Å². The number of rotatable bonds is 5. The number of nitrogens with zero attached hydrogens (tertiary/aromatic N) is 1. The molecule has 1 atom stereocenters. The summed E-state index contributed by atoms with van der Waals surface area (Å²) >= 11 is 0. The Balaban J connectivity index is 1.93. The van der Waals surface area contributed by atoms with E-state index in [0.29, 0.717) is 26.2 Å². The normalized spacial score (nSPS) is 19.4. The van der Waals surface area contributed by atoms with Crippen molar-refractivity contribution in [2.75, 3.05) is 26.2 Å². The van der Waals surface area contributed by atoms with E-state index >= 15 is 0 Å². The molecule has 1 heterocycles. The fourth-order valence-corrected chi connectivity index (χ4v) is 2.68. The van der Waals surface area contributed by atoms with Crippen molar-refractivity contribution in [2.24, 2.45) is 11.7 Å². The topological polar surface area (TPSA) is 98.8 Å². The smallest absolute Gasteiger partial charge is 0.224 e. The highest BCUT2D eigenvalue weighted by molar-refractivity contribution is 5.78. The predicted molar refractivity (Wildman–Crippen MR) is 79.8 cm³/mol. The van der Waals surface area contributed by atoms with Gasteiger partial charge in [-0.2, -0.15) is 0 Å². The SMILES string of the molecule is NCCNC(=O)C1CCCN(Cc2ccc(O)cc2O)C1. The van der Waals surface area contributed by atoms with Crippen molar-refractivity contribution in [1.82, 2.24) is 10.2 Å². The number of benzene rings is 1. The molecule has 1 unspecified atom stereocenters. The molecule has 0 saturated carbocycles. The molecule has 116 valence electrons. The number of carbonyl (C=O) groups is 1. The molecule has 0 aromatic heterocycles. The predicted octanol–water partition coefficient (Wildman–Crippen LogP) is 0.385. The summed E-state index contributed by atoms with van der Waals surface area (Å²) in [5.41, 5.74) is 6.15. The largest absolute Gasteiger partial charge is 0.508 e. The standard InChI is InChI=1S/C15H23N3O3/c16-5-6-17-15(21)12-2-1-7-18(10-12)9-11-3-4-13(19)8-14(11)20/h3-4,8,12,19-20H,1-2,5-7,9-10,16H2,(H,17,21). The van der Waals surface area contributed by atoms with Crippen LogP contribution in [0, 0.1) is 5.92 Å². The number of hydrogen-bond donors (Lipinski definition) is 4. The molecular weight excluding hydrogens is 270 g/mol. The third kappa shape index (κ3) is 4.34. The average Bonchev–Trinajstić information content (AvgIpc) is 2.48. The van der Waals surface area contributed by atoms with Crippen molar-refractivity contribution in [2.45, 2.75) is 19.4 Å². The number of hydrogen-bond acceptors (Lipinski definition) is 5. The molecular formula is C15H23N3O3. The van der Waals surface area contributed by atoms with Crippen LogP contribution in [-0.2, 0) is 11.3 Å². The number of nitrogens with two attached hydrogens (primary N) is 1. The quantitative estimate of drug-likeness (QED) is 0.629. The van der Waals surface area contributed by atoms with E-state index in [-0.39, 0.29) is 23.3 Å². The maximum Gasteiger partial charge on any atom is 0.224 e. The second-order valence-corrected chi connectivity index (χ2v) is 5.47. The number of aromatic hydroxyl groups is 2. The number of carbonyl (C=O) groups excluding carboxylic acids is 1. The summed E-state index contributed by atoms with van der Waals surface area (Å²) in [4.78, 5) is 14.1. The highest BCUT2D eigenvalue weighted by atomic mass is 16.3. The molecule has 21 heavy (non-hydrogen) atoms. The lowest BCUT2D eigenvalue weighted by Gasteiger charge is -2.32. The van der Waals surface area contributed by atoms with Crippen molar-refractivity contribution >= 4 is 5.91 Å². The Labute approximate surface area is 124 Å². The summed E-state index contributed by atoms with van der Waals surface area (Å²) in [6, 6.07) is 4.61. The van der Waals surface area contributed by atoms with Gasteiger partial charge in [-0.15, -0.1) is 0 Å². The van der Waals surface area contributed by atoms with Crippen molar-refractivity contribution in [3.63, 3.8) is 0 Å². The van der Waals surface area contributed by atoms with Crippen LogP contribution in [0.5, 0.6) is 11.5 Å². The first-order valence-corrected chi connectivity index (χ1v) is 7.31. The molecule has 1 aromatic carbocycles. The number of likely N-dealkylation sites (tertiary alicyclic amines) is 1. The number of piperidine rings is 1. The maximum atomic E-state index is 12.0. The molecule has 0 radical (unpaired) electrons. The number of amides is 1. The fraction of sp³-hybridized carbons (Fsp3) is 0.533. The van der Waals surface area contributed by atoms with Crippen LogP contribution in [-0.4, -0.2) is 47.2 Å². The van der Waals surface area contributed by atoms with Crippen LogP contribution >= 0.6 is 0 Å². The summed E-state index contributed by atoms with van der Waals surface area (Å²) in [7, 11) is 0. The first kappa shape index (κ1) is 15.6. The van der Waals surface area contributed by atoms with Crippen molar-refractivity contribution in [1.29, 1.82) is 0 Å². The van der Waals surface area contributed by atoms with Gasteiger partial charge in [0.2, 0.25) is 5.91 Å². The summed E-state index contributed by atoms with van der Waals surface area (Å²) in [5, 5.41) is 22.0. The van der Waals surface area contributed by atoms with Gasteiger partial charge in [0.1, 0.15) is 11.5 Å². The molecule has 0 bridgehead atoms. The molecule has 2 rings (SSSR count). The van der Waals surface area contributed by atoms with E-state index in [0.717, 1.165) is 24.9 Å². The Hall–Kier alpha value is -1.79. The average molecular weight is 293 g/mol. The van der Waals surface area contributed by atoms with E-state index in [9.17, 15) is 15.0 Å². The Kier molecular flexibility index (Phi) is 5.41. The number of phenolic OH excluding ortho intramolecular Hbond substituents is 2. The maximum absolute atomic E-state index is 12.0. The van der Waals surface area contributed by atoms with Gasteiger partial charge in [0.05, 0.1) is 5.92 Å². The van der Waals surface area contributed by atoms with Gasteiger partial charge in [0.25, 0.3) is 0 Å². The molecule has 0 spiro atoms. The minimum Gasteiger partial charge on any atom is -0.508 e. The zero-order valence-electron chi connectivity index (χ0n) is 12.1. The second kappa shape index (κ2) is 7.28. The van der Waals surface area contributed by atoms with Crippen molar-refractivity contribution < 1.29 is 15.0 Å². The van der Waals surface area contributed by atoms with Gasteiger partial charge in [0, 0.05) is 37.8 Å². The van der Waals surface area contributed by atoms with E-state index in [4.69, 9.17) is 5.73 Å². The Morgan fingerprint density at radius 2 is 2.24 bits per heavy atom. The van der Waals surface area contributed by atoms with Gasteiger partial charge < -0.3 is 21.3 Å². The highest BCUT2D eigenvalue weighted by Crippen LogP contribution is 2.26. The van der Waals surface area contributed by atoms with E-state index in [1.54, 1.807) is 12.1 Å². The minimum atomic E-state index is -0.0236. The lowest BCUT2D eigenvalue weighted by Crippen LogP contribution is -2.43. The molecule has 1 aliphatic rings. The Morgan fingerprint density at radius 1 is 1.43 bits per heavy atom. The molecule has 1 aromatic rings. The third-order valence-electron chi connectivity index (χ3n) is 3.78. The van der Waals surface area contributed by atoms with Crippen LogP contribution in [0.3, 0.4) is 0 Å². The summed E-state index contributed by atoms with van der Waals surface area (Å²) in [6.45, 7) is 3.11. The molecule has 6 heteroatoms. The van der Waals surface area contributed by atoms with Crippen LogP contribution in [0.15, 0.2) is 18.2 Å². The number of phenols is 2.